The lowest BCUT2D eigenvalue weighted by Gasteiger charge is -2.37. The summed E-state index contributed by atoms with van der Waals surface area (Å²) >= 11 is 0.0432. The third kappa shape index (κ3) is 5.41. The van der Waals surface area contributed by atoms with Crippen LogP contribution >= 0.6 is 11.8 Å². The Morgan fingerprint density at radius 3 is 2.38 bits per heavy atom. The van der Waals surface area contributed by atoms with Crippen LogP contribution < -0.4 is 0 Å². The molecule has 1 aliphatic carbocycles. The van der Waals surface area contributed by atoms with Crippen LogP contribution in [0.3, 0.4) is 0 Å². The van der Waals surface area contributed by atoms with Gasteiger partial charge in [-0.05, 0) is 31.0 Å². The first-order valence-electron chi connectivity index (χ1n) is 5.58. The van der Waals surface area contributed by atoms with Crippen molar-refractivity contribution < 1.29 is 18.3 Å². The molecule has 0 spiro atoms. The van der Waals surface area contributed by atoms with E-state index in [1.165, 1.54) is 6.42 Å². The number of nitrogens with zero attached hydrogens (tertiary/aromatic N) is 1. The molecule has 1 N–H and O–H groups in total. The molecule has 1 saturated carbocycles. The summed E-state index contributed by atoms with van der Waals surface area (Å²) in [7, 11) is 0. The number of aliphatic hydroxyl groups excluding tert-OH is 1. The number of aliphatic hydroxyl groups is 1. The van der Waals surface area contributed by atoms with E-state index < -0.39 is 5.51 Å². The third-order valence-electron chi connectivity index (χ3n) is 2.84. The number of alkyl halides is 3. The van der Waals surface area contributed by atoms with E-state index in [4.69, 9.17) is 5.11 Å². The Kier molecular flexibility index (Phi) is 5.92. The molecule has 0 unspecified atom stereocenters. The Morgan fingerprint density at radius 2 is 1.94 bits per heavy atom. The van der Waals surface area contributed by atoms with Crippen LogP contribution in [0, 0.1) is 0 Å². The lowest BCUT2D eigenvalue weighted by atomic mass is 9.91. The van der Waals surface area contributed by atoms with Gasteiger partial charge in [0.2, 0.25) is 0 Å². The second-order valence-electron chi connectivity index (χ2n) is 3.99. The Morgan fingerprint density at radius 1 is 1.25 bits per heavy atom. The van der Waals surface area contributed by atoms with Gasteiger partial charge in [-0.25, -0.2) is 0 Å². The van der Waals surface area contributed by atoms with Crippen molar-refractivity contribution >= 4 is 11.8 Å². The van der Waals surface area contributed by atoms with Crippen molar-refractivity contribution in [3.8, 4) is 0 Å². The first-order chi connectivity index (χ1) is 7.53. The summed E-state index contributed by atoms with van der Waals surface area (Å²) in [6.07, 6.45) is 3.99. The summed E-state index contributed by atoms with van der Waals surface area (Å²) in [4.78, 5) is 2.08. The number of hydrogen-bond donors (Lipinski definition) is 1. The van der Waals surface area contributed by atoms with E-state index in [2.05, 4.69) is 4.90 Å². The Hall–Kier alpha value is 0.0600. The Bertz CT molecular complexity index is 197. The zero-order valence-electron chi connectivity index (χ0n) is 9.17. The SMILES string of the molecule is OCCCN(CCSC(F)(F)F)C1CCC1. The first-order valence-corrected chi connectivity index (χ1v) is 6.57. The molecule has 0 radical (unpaired) electrons. The molecule has 1 fully saturated rings. The maximum absolute atomic E-state index is 12.0. The molecule has 0 amide bonds. The molecule has 0 aromatic carbocycles. The minimum atomic E-state index is -4.12. The quantitative estimate of drug-likeness (QED) is 0.758. The van der Waals surface area contributed by atoms with Crippen molar-refractivity contribution in [2.24, 2.45) is 0 Å². The molecule has 0 heterocycles. The Labute approximate surface area is 98.2 Å². The maximum Gasteiger partial charge on any atom is 0.441 e. The number of thioether (sulfide) groups is 1. The molecule has 16 heavy (non-hydrogen) atoms. The summed E-state index contributed by atoms with van der Waals surface area (Å²) < 4.78 is 35.9. The zero-order valence-corrected chi connectivity index (χ0v) is 9.99. The van der Waals surface area contributed by atoms with Crippen LogP contribution in [-0.4, -0.2) is 47.0 Å². The molecule has 0 aromatic heterocycles. The van der Waals surface area contributed by atoms with Gasteiger partial charge in [-0.2, -0.15) is 13.2 Å². The molecule has 96 valence electrons. The van der Waals surface area contributed by atoms with Crippen molar-refractivity contribution in [1.82, 2.24) is 4.90 Å². The third-order valence-corrected chi connectivity index (χ3v) is 3.55. The van der Waals surface area contributed by atoms with Crippen LogP contribution in [0.1, 0.15) is 25.7 Å². The highest BCUT2D eigenvalue weighted by atomic mass is 32.2. The van der Waals surface area contributed by atoms with Crippen molar-refractivity contribution in [3.05, 3.63) is 0 Å². The normalized spacial score (nSPS) is 17.8. The van der Waals surface area contributed by atoms with Gasteiger partial charge in [-0.1, -0.05) is 6.42 Å². The molecule has 0 atom stereocenters. The van der Waals surface area contributed by atoms with E-state index in [9.17, 15) is 13.2 Å². The second kappa shape index (κ2) is 6.71. The Balaban J connectivity index is 2.21. The van der Waals surface area contributed by atoms with Crippen LogP contribution in [0.2, 0.25) is 0 Å². The fourth-order valence-electron chi connectivity index (χ4n) is 1.78. The number of hydrogen-bond acceptors (Lipinski definition) is 3. The first kappa shape index (κ1) is 14.1. The van der Waals surface area contributed by atoms with Gasteiger partial charge in [0.05, 0.1) is 0 Å². The molecular weight excluding hydrogens is 239 g/mol. The number of rotatable bonds is 7. The monoisotopic (exact) mass is 257 g/mol. The second-order valence-corrected chi connectivity index (χ2v) is 5.15. The summed E-state index contributed by atoms with van der Waals surface area (Å²) in [6.45, 7) is 1.28. The maximum atomic E-state index is 12.0. The predicted molar refractivity (Wildman–Crippen MR) is 59.4 cm³/mol. The van der Waals surface area contributed by atoms with Gasteiger partial charge in [0.25, 0.3) is 0 Å². The van der Waals surface area contributed by atoms with E-state index in [1.54, 1.807) is 0 Å². The van der Waals surface area contributed by atoms with E-state index in [1.807, 2.05) is 0 Å². The van der Waals surface area contributed by atoms with Crippen molar-refractivity contribution in [2.45, 2.75) is 37.2 Å². The van der Waals surface area contributed by atoms with Crippen LogP contribution in [0.15, 0.2) is 0 Å². The lowest BCUT2D eigenvalue weighted by molar-refractivity contribution is -0.0329. The van der Waals surface area contributed by atoms with Crippen LogP contribution in [0.5, 0.6) is 0 Å². The summed E-state index contributed by atoms with van der Waals surface area (Å²) in [6, 6.07) is 0.445. The molecule has 0 aromatic rings. The molecule has 0 bridgehead atoms. The van der Waals surface area contributed by atoms with E-state index in [0.29, 0.717) is 25.6 Å². The molecular formula is C10H18F3NOS. The van der Waals surface area contributed by atoms with Crippen molar-refractivity contribution in [2.75, 3.05) is 25.4 Å². The van der Waals surface area contributed by atoms with Gasteiger partial charge in [0, 0.05) is 31.5 Å². The van der Waals surface area contributed by atoms with Crippen LogP contribution in [0.25, 0.3) is 0 Å². The fourth-order valence-corrected chi connectivity index (χ4v) is 2.34. The molecule has 0 saturated heterocycles. The average Bonchev–Trinajstić information content (AvgIpc) is 2.08. The number of halogens is 3. The predicted octanol–water partition coefficient (Wildman–Crippen LogP) is 2.48. The zero-order chi connectivity index (χ0) is 12.0. The molecule has 6 heteroatoms. The van der Waals surface area contributed by atoms with Gasteiger partial charge in [0.15, 0.2) is 0 Å². The minimum absolute atomic E-state index is 0.0432. The summed E-state index contributed by atoms with van der Waals surface area (Å²) in [5, 5.41) is 8.73. The van der Waals surface area contributed by atoms with Crippen molar-refractivity contribution in [3.63, 3.8) is 0 Å². The highest BCUT2D eigenvalue weighted by Gasteiger charge is 2.29. The summed E-state index contributed by atoms with van der Waals surface area (Å²) in [5.41, 5.74) is -4.12. The average molecular weight is 257 g/mol. The largest absolute Gasteiger partial charge is 0.441 e. The molecule has 0 aliphatic heterocycles. The van der Waals surface area contributed by atoms with Gasteiger partial charge < -0.3 is 5.11 Å². The van der Waals surface area contributed by atoms with E-state index >= 15 is 0 Å². The smallest absolute Gasteiger partial charge is 0.396 e. The van der Waals surface area contributed by atoms with Gasteiger partial charge in [-0.3, -0.25) is 4.90 Å². The standard InChI is InChI=1S/C10H18F3NOS/c11-10(12,13)16-8-6-14(5-2-7-15)9-3-1-4-9/h9,15H,1-8H2. The molecule has 2 nitrogen and oxygen atoms in total. The van der Waals surface area contributed by atoms with Crippen molar-refractivity contribution in [1.29, 1.82) is 0 Å². The molecule has 1 aliphatic rings. The van der Waals surface area contributed by atoms with Gasteiger partial charge in [0.1, 0.15) is 0 Å². The lowest BCUT2D eigenvalue weighted by Crippen LogP contribution is -2.42. The molecule has 1 rings (SSSR count). The van der Waals surface area contributed by atoms with Crippen LogP contribution in [0.4, 0.5) is 13.2 Å². The summed E-state index contributed by atoms with van der Waals surface area (Å²) in [5.74, 6) is 0.0887. The van der Waals surface area contributed by atoms with E-state index in [0.717, 1.165) is 12.8 Å². The fraction of sp³-hybridized carbons (Fsp3) is 1.00. The van der Waals surface area contributed by atoms with Gasteiger partial charge in [-0.15, -0.1) is 0 Å². The highest BCUT2D eigenvalue weighted by Crippen LogP contribution is 2.31. The van der Waals surface area contributed by atoms with Gasteiger partial charge >= 0.3 is 5.51 Å². The highest BCUT2D eigenvalue weighted by molar-refractivity contribution is 8.00. The minimum Gasteiger partial charge on any atom is -0.396 e. The van der Waals surface area contributed by atoms with Crippen LogP contribution in [-0.2, 0) is 0 Å². The topological polar surface area (TPSA) is 23.5 Å². The van der Waals surface area contributed by atoms with E-state index in [-0.39, 0.29) is 24.1 Å².